The van der Waals surface area contributed by atoms with Crippen LogP contribution in [0.3, 0.4) is 0 Å². The van der Waals surface area contributed by atoms with Crippen LogP contribution >= 0.6 is 19.8 Å². The van der Waals surface area contributed by atoms with Gasteiger partial charge in [-0.2, -0.15) is 0 Å². The summed E-state index contributed by atoms with van der Waals surface area (Å²) < 4.78 is 5.57. The van der Waals surface area contributed by atoms with Gasteiger partial charge in [0.2, 0.25) is 0 Å². The van der Waals surface area contributed by atoms with E-state index in [1.54, 1.807) is 8.86 Å². The van der Waals surface area contributed by atoms with Gasteiger partial charge in [0.25, 0.3) is 0 Å². The second kappa shape index (κ2) is 3.33. The van der Waals surface area contributed by atoms with E-state index in [0.29, 0.717) is 0 Å². The van der Waals surface area contributed by atoms with Gasteiger partial charge >= 0.3 is 58.7 Å². The maximum atomic E-state index is 2.43. The summed E-state index contributed by atoms with van der Waals surface area (Å²) in [5, 5.41) is 0. The topological polar surface area (TPSA) is 0 Å². The second-order valence-corrected chi connectivity index (χ2v) is 7.44. The van der Waals surface area contributed by atoms with Crippen molar-refractivity contribution in [2.75, 3.05) is 8.86 Å². The van der Waals surface area contributed by atoms with Crippen LogP contribution in [0.1, 0.15) is 0 Å². The predicted molar refractivity (Wildman–Crippen MR) is 50.6 cm³/mol. The van der Waals surface area contributed by atoms with Crippen LogP contribution in [-0.2, 0) is 0 Å². The van der Waals surface area contributed by atoms with E-state index in [0.717, 1.165) is 0 Å². The fourth-order valence-corrected chi connectivity index (χ4v) is 3.78. The van der Waals surface area contributed by atoms with Crippen molar-refractivity contribution in [3.8, 4) is 0 Å². The van der Waals surface area contributed by atoms with Crippen molar-refractivity contribution in [2.24, 2.45) is 0 Å². The molecule has 44 valence electrons. The third-order valence-corrected chi connectivity index (χ3v) is 4.72. The van der Waals surface area contributed by atoms with Gasteiger partial charge in [0.05, 0.1) is 0 Å². The van der Waals surface area contributed by atoms with Gasteiger partial charge in [-0.1, -0.05) is 0 Å². The third-order valence-electron chi connectivity index (χ3n) is 0.962. The average molecular weight is 220 g/mol. The quantitative estimate of drug-likeness (QED) is 0.283. The van der Waals surface area contributed by atoms with E-state index in [2.05, 4.69) is 30.1 Å². The van der Waals surface area contributed by atoms with Crippen molar-refractivity contribution in [1.82, 2.24) is 0 Å². The predicted octanol–water partition coefficient (Wildman–Crippen LogP) is 1.17. The van der Waals surface area contributed by atoms with E-state index in [4.69, 9.17) is 0 Å². The monoisotopic (exact) mass is 220 g/mol. The van der Waals surface area contributed by atoms with Gasteiger partial charge in [-0.15, -0.1) is 0 Å². The van der Waals surface area contributed by atoms with Crippen LogP contribution < -0.4 is 0 Å². The normalized spacial score (nSPS) is 23.2. The summed E-state index contributed by atoms with van der Waals surface area (Å²) in [6, 6.07) is 0. The molecule has 0 nitrogen and oxygen atoms in total. The molecule has 0 amide bonds. The van der Waals surface area contributed by atoms with Gasteiger partial charge in [-0.3, -0.25) is 0 Å². The minimum atomic E-state index is -0.326. The Morgan fingerprint density at radius 3 is 2.50 bits per heavy atom. The molecule has 0 radical (unpaired) electrons. The van der Waals surface area contributed by atoms with E-state index in [1.807, 2.05) is 0 Å². The molecule has 1 fully saturated rings. The molecule has 8 heavy (non-hydrogen) atoms. The fraction of sp³-hybridized carbons (Fsp3) is 0.333. The van der Waals surface area contributed by atoms with Gasteiger partial charge in [0.1, 0.15) is 0 Å². The Morgan fingerprint density at radius 2 is 2.00 bits per heavy atom. The molecule has 0 N–H and O–H groups in total. The Bertz CT molecular complexity index is 114. The molecular weight excluding hydrogens is 210 g/mol. The number of allylic oxidation sites excluding steroid dienone is 2. The summed E-state index contributed by atoms with van der Waals surface area (Å²) in [7, 11) is 2.06. The first-order valence-electron chi connectivity index (χ1n) is 2.83. The zero-order valence-corrected chi connectivity index (χ0v) is 7.26. The van der Waals surface area contributed by atoms with Crippen molar-refractivity contribution in [3.05, 3.63) is 22.2 Å². The Labute approximate surface area is 58.8 Å². The number of hydrogen-bond acceptors (Lipinski definition) is 0. The number of hydrogen-bond donors (Lipinski definition) is 0. The summed E-state index contributed by atoms with van der Waals surface area (Å²) in [6.45, 7) is 0. The van der Waals surface area contributed by atoms with Crippen LogP contribution in [0.15, 0.2) is 22.2 Å². The van der Waals surface area contributed by atoms with E-state index in [-0.39, 0.29) is 19.8 Å². The Kier molecular flexibility index (Phi) is 2.66. The van der Waals surface area contributed by atoms with Crippen molar-refractivity contribution < 1.29 is 0 Å². The SMILES string of the molecule is B/C=C/C=C/I1CC1. The van der Waals surface area contributed by atoms with E-state index in [1.165, 1.54) is 0 Å². The summed E-state index contributed by atoms with van der Waals surface area (Å²) in [6.07, 6.45) is 4.33. The number of alkyl halides is 2. The van der Waals surface area contributed by atoms with Crippen LogP contribution in [0.5, 0.6) is 0 Å². The first-order valence-corrected chi connectivity index (χ1v) is 7.13. The first-order chi connectivity index (χ1) is 3.93. The molecule has 0 aromatic carbocycles. The molecule has 0 aromatic rings. The summed E-state index contributed by atoms with van der Waals surface area (Å²) in [5.41, 5.74) is 0. The molecule has 1 rings (SSSR count). The summed E-state index contributed by atoms with van der Waals surface area (Å²) in [5.74, 6) is 2.08. The molecule has 0 aromatic heterocycles. The summed E-state index contributed by atoms with van der Waals surface area (Å²) >= 11 is -0.326. The minimum absolute atomic E-state index is 0.326. The third kappa shape index (κ3) is 2.55. The van der Waals surface area contributed by atoms with Crippen LogP contribution in [0, 0.1) is 0 Å². The van der Waals surface area contributed by atoms with Gasteiger partial charge < -0.3 is 0 Å². The van der Waals surface area contributed by atoms with Crippen LogP contribution in [-0.4, -0.2) is 16.7 Å². The molecule has 0 bridgehead atoms. The molecule has 0 atom stereocenters. The van der Waals surface area contributed by atoms with E-state index >= 15 is 0 Å². The summed E-state index contributed by atoms with van der Waals surface area (Å²) in [4.78, 5) is 0. The van der Waals surface area contributed by atoms with E-state index in [9.17, 15) is 0 Å². The van der Waals surface area contributed by atoms with E-state index < -0.39 is 0 Å². The molecule has 2 heteroatoms. The molecule has 1 aliphatic rings. The zero-order chi connectivity index (χ0) is 5.82. The number of halogens is 1. The molecule has 1 heterocycles. The maximum absolute atomic E-state index is 2.43. The van der Waals surface area contributed by atoms with Gasteiger partial charge in [-0.25, -0.2) is 0 Å². The van der Waals surface area contributed by atoms with Gasteiger partial charge in [-0.05, 0) is 0 Å². The number of rotatable bonds is 2. The van der Waals surface area contributed by atoms with Crippen molar-refractivity contribution >= 4 is 27.7 Å². The van der Waals surface area contributed by atoms with Crippen molar-refractivity contribution in [1.29, 1.82) is 0 Å². The molecule has 1 saturated heterocycles. The Hall–Kier alpha value is 0.275. The molecule has 0 unspecified atom stereocenters. The Morgan fingerprint density at radius 1 is 1.25 bits per heavy atom. The zero-order valence-electron chi connectivity index (χ0n) is 5.10. The van der Waals surface area contributed by atoms with Crippen LogP contribution in [0.4, 0.5) is 0 Å². The van der Waals surface area contributed by atoms with Crippen molar-refractivity contribution in [3.63, 3.8) is 0 Å². The molecule has 1 aliphatic heterocycles. The van der Waals surface area contributed by atoms with Crippen molar-refractivity contribution in [2.45, 2.75) is 0 Å². The molecule has 0 saturated carbocycles. The van der Waals surface area contributed by atoms with Gasteiger partial charge in [0, 0.05) is 0 Å². The average Bonchev–Trinajstić information content (AvgIpc) is 2.51. The fourth-order valence-electron chi connectivity index (χ4n) is 0.423. The standard InChI is InChI=1S/C6H10BI/c7-3-1-2-4-8-5-6-8/h1-4H,5-7H2/b3-1+,4-2+. The molecule has 0 spiro atoms. The first kappa shape index (κ1) is 6.40. The molecule has 0 aliphatic carbocycles. The van der Waals surface area contributed by atoms with Gasteiger partial charge in [0.15, 0.2) is 0 Å². The molecular formula is C6H10BI. The van der Waals surface area contributed by atoms with Crippen LogP contribution in [0.2, 0.25) is 0 Å². The second-order valence-electron chi connectivity index (χ2n) is 1.72. The Balaban J connectivity index is 2.13. The van der Waals surface area contributed by atoms with Crippen LogP contribution in [0.25, 0.3) is 0 Å².